The summed E-state index contributed by atoms with van der Waals surface area (Å²) in [7, 11) is -2.40. The van der Waals surface area contributed by atoms with Crippen molar-refractivity contribution in [3.63, 3.8) is 0 Å². The number of methoxy groups -OCH3 is 1. The predicted molar refractivity (Wildman–Crippen MR) is 138 cm³/mol. The second-order valence-electron chi connectivity index (χ2n) is 8.56. The van der Waals surface area contributed by atoms with Crippen molar-refractivity contribution in [2.45, 2.75) is 39.1 Å². The fraction of sp³-hybridized carbons (Fsp3) is 0.259. The second-order valence-corrected chi connectivity index (χ2v) is 10.4. The Bertz CT molecular complexity index is 1310. The summed E-state index contributed by atoms with van der Waals surface area (Å²) >= 11 is 0. The summed E-state index contributed by atoms with van der Waals surface area (Å²) in [5.41, 5.74) is 7.30. The number of hydrogen-bond donors (Lipinski definition) is 1. The summed E-state index contributed by atoms with van der Waals surface area (Å²) in [6, 6.07) is 18.4. The first-order valence-corrected chi connectivity index (χ1v) is 12.6. The minimum atomic E-state index is -3.96. The highest BCUT2D eigenvalue weighted by Crippen LogP contribution is 2.26. The van der Waals surface area contributed by atoms with Gasteiger partial charge in [0.1, 0.15) is 5.75 Å². The van der Waals surface area contributed by atoms with Gasteiger partial charge in [-0.25, -0.2) is 13.8 Å². The maximum atomic E-state index is 13.8. The summed E-state index contributed by atoms with van der Waals surface area (Å²) in [5, 5.41) is 3.99. The zero-order valence-electron chi connectivity index (χ0n) is 20.7. The van der Waals surface area contributed by atoms with Gasteiger partial charge in [0, 0.05) is 6.54 Å². The van der Waals surface area contributed by atoms with Gasteiger partial charge in [-0.15, -0.1) is 0 Å². The maximum Gasteiger partial charge on any atom is 0.255 e. The zero-order chi connectivity index (χ0) is 25.6. The quantitative estimate of drug-likeness (QED) is 0.356. The summed E-state index contributed by atoms with van der Waals surface area (Å²) < 4.78 is 33.9. The minimum absolute atomic E-state index is 0.0579. The molecule has 0 unspecified atom stereocenters. The number of aryl methyl sites for hydroxylation is 4. The number of rotatable bonds is 9. The summed E-state index contributed by atoms with van der Waals surface area (Å²) in [6.07, 6.45) is 1.48. The van der Waals surface area contributed by atoms with E-state index in [-0.39, 0.29) is 18.0 Å². The number of ether oxygens (including phenoxy) is 1. The van der Waals surface area contributed by atoms with Crippen LogP contribution < -0.4 is 10.2 Å². The number of sulfonamides is 1. The van der Waals surface area contributed by atoms with Crippen LogP contribution in [0.25, 0.3) is 0 Å². The van der Waals surface area contributed by atoms with Crippen LogP contribution in [0.15, 0.2) is 70.7 Å². The zero-order valence-corrected chi connectivity index (χ0v) is 21.5. The third-order valence-corrected chi connectivity index (χ3v) is 7.60. The highest BCUT2D eigenvalue weighted by Gasteiger charge is 2.30. The minimum Gasteiger partial charge on any atom is -0.497 e. The molecule has 1 amide bonds. The van der Waals surface area contributed by atoms with E-state index in [1.165, 1.54) is 10.5 Å². The molecule has 0 saturated heterocycles. The molecule has 0 saturated carbocycles. The second kappa shape index (κ2) is 11.3. The molecule has 8 heteroatoms. The van der Waals surface area contributed by atoms with Crippen molar-refractivity contribution in [1.29, 1.82) is 0 Å². The lowest BCUT2D eigenvalue weighted by atomic mass is 10.1. The van der Waals surface area contributed by atoms with E-state index in [2.05, 4.69) is 10.5 Å². The van der Waals surface area contributed by atoms with E-state index >= 15 is 0 Å². The van der Waals surface area contributed by atoms with Crippen molar-refractivity contribution in [3.05, 3.63) is 94.0 Å². The van der Waals surface area contributed by atoms with Gasteiger partial charge in [0.15, 0.2) is 0 Å². The van der Waals surface area contributed by atoms with E-state index < -0.39 is 15.9 Å². The first-order valence-electron chi connectivity index (χ1n) is 11.2. The SMILES string of the molecule is COc1cccc(C=NNC(=O)CN(Cc2ccc(C)cc2)S(=O)(=O)c2c(C)cc(C)cc2C)c1. The molecule has 0 aromatic heterocycles. The van der Waals surface area contributed by atoms with Crippen LogP contribution in [-0.4, -0.2) is 38.5 Å². The molecule has 3 aromatic carbocycles. The molecule has 7 nitrogen and oxygen atoms in total. The highest BCUT2D eigenvalue weighted by atomic mass is 32.2. The van der Waals surface area contributed by atoms with Gasteiger partial charge < -0.3 is 4.74 Å². The molecular formula is C27H31N3O4S. The molecule has 0 radical (unpaired) electrons. The fourth-order valence-corrected chi connectivity index (χ4v) is 5.72. The summed E-state index contributed by atoms with van der Waals surface area (Å²) in [4.78, 5) is 13.0. The van der Waals surface area contributed by atoms with Crippen molar-refractivity contribution < 1.29 is 17.9 Å². The molecular weight excluding hydrogens is 462 g/mol. The topological polar surface area (TPSA) is 88.1 Å². The lowest BCUT2D eigenvalue weighted by Crippen LogP contribution is -2.39. The highest BCUT2D eigenvalue weighted by molar-refractivity contribution is 7.89. The molecule has 184 valence electrons. The van der Waals surface area contributed by atoms with Crippen LogP contribution >= 0.6 is 0 Å². The summed E-state index contributed by atoms with van der Waals surface area (Å²) in [5.74, 6) is 0.127. The smallest absolute Gasteiger partial charge is 0.255 e. The Kier molecular flexibility index (Phi) is 8.43. The number of nitrogens with zero attached hydrogens (tertiary/aromatic N) is 2. The van der Waals surface area contributed by atoms with Gasteiger partial charge in [0.2, 0.25) is 10.0 Å². The van der Waals surface area contributed by atoms with E-state index in [4.69, 9.17) is 4.74 Å². The van der Waals surface area contributed by atoms with E-state index in [0.29, 0.717) is 16.9 Å². The van der Waals surface area contributed by atoms with Crippen LogP contribution in [0.2, 0.25) is 0 Å². The third kappa shape index (κ3) is 6.77. The van der Waals surface area contributed by atoms with E-state index in [0.717, 1.165) is 22.3 Å². The molecule has 0 aliphatic heterocycles. The lowest BCUT2D eigenvalue weighted by Gasteiger charge is -2.24. The molecule has 0 atom stereocenters. The molecule has 0 heterocycles. The molecule has 35 heavy (non-hydrogen) atoms. The Morgan fingerprint density at radius 1 is 0.971 bits per heavy atom. The molecule has 0 aliphatic carbocycles. The first-order chi connectivity index (χ1) is 16.6. The Hall–Kier alpha value is -3.49. The molecule has 1 N–H and O–H groups in total. The van der Waals surface area contributed by atoms with Crippen molar-refractivity contribution in [2.24, 2.45) is 5.10 Å². The monoisotopic (exact) mass is 493 g/mol. The Morgan fingerprint density at radius 3 is 2.26 bits per heavy atom. The van der Waals surface area contributed by atoms with Gasteiger partial charge in [-0.05, 0) is 62.1 Å². The van der Waals surface area contributed by atoms with Gasteiger partial charge in [0.25, 0.3) is 5.91 Å². The van der Waals surface area contributed by atoms with Crippen molar-refractivity contribution in [1.82, 2.24) is 9.73 Å². The average Bonchev–Trinajstić information content (AvgIpc) is 2.79. The normalized spacial score (nSPS) is 11.7. The van der Waals surface area contributed by atoms with E-state index in [1.807, 2.05) is 62.4 Å². The number of benzene rings is 3. The van der Waals surface area contributed by atoms with Crippen LogP contribution in [-0.2, 0) is 21.4 Å². The van der Waals surface area contributed by atoms with E-state index in [1.54, 1.807) is 33.1 Å². The van der Waals surface area contributed by atoms with Gasteiger partial charge in [-0.2, -0.15) is 9.41 Å². The number of carbonyl (C=O) groups excluding carboxylic acids is 1. The van der Waals surface area contributed by atoms with Crippen LogP contribution in [0.3, 0.4) is 0 Å². The third-order valence-electron chi connectivity index (χ3n) is 5.50. The van der Waals surface area contributed by atoms with Crippen LogP contribution in [0.1, 0.15) is 33.4 Å². The average molecular weight is 494 g/mol. The van der Waals surface area contributed by atoms with Gasteiger partial charge in [0.05, 0.1) is 24.8 Å². The van der Waals surface area contributed by atoms with Crippen molar-refractivity contribution >= 4 is 22.1 Å². The predicted octanol–water partition coefficient (Wildman–Crippen LogP) is 4.27. The number of hydrogen-bond acceptors (Lipinski definition) is 5. The fourth-order valence-electron chi connectivity index (χ4n) is 3.92. The number of nitrogens with one attached hydrogen (secondary N) is 1. The van der Waals surface area contributed by atoms with Gasteiger partial charge in [-0.3, -0.25) is 4.79 Å². The summed E-state index contributed by atoms with van der Waals surface area (Å²) in [6.45, 7) is 7.12. The van der Waals surface area contributed by atoms with Crippen LogP contribution in [0.4, 0.5) is 0 Å². The number of carbonyl (C=O) groups is 1. The first kappa shape index (κ1) is 26.1. The number of hydrazone groups is 1. The Morgan fingerprint density at radius 2 is 1.63 bits per heavy atom. The molecule has 0 fully saturated rings. The van der Waals surface area contributed by atoms with E-state index in [9.17, 15) is 13.2 Å². The number of amides is 1. The largest absolute Gasteiger partial charge is 0.497 e. The van der Waals surface area contributed by atoms with Crippen molar-refractivity contribution in [3.8, 4) is 5.75 Å². The maximum absolute atomic E-state index is 13.8. The molecule has 0 aliphatic rings. The van der Waals surface area contributed by atoms with Crippen LogP contribution in [0, 0.1) is 27.7 Å². The molecule has 3 rings (SSSR count). The van der Waals surface area contributed by atoms with Crippen molar-refractivity contribution in [2.75, 3.05) is 13.7 Å². The lowest BCUT2D eigenvalue weighted by molar-refractivity contribution is -0.121. The standard InChI is InChI=1S/C27H31N3O4S/c1-19-9-11-23(12-10-19)17-30(35(32,33)27-21(3)13-20(2)14-22(27)4)18-26(31)29-28-16-24-7-6-8-25(15-24)34-5/h6-16H,17-18H2,1-5H3,(H,29,31). The van der Waals surface area contributed by atoms with Gasteiger partial charge in [-0.1, -0.05) is 59.7 Å². The molecule has 0 bridgehead atoms. The van der Waals surface area contributed by atoms with Crippen LogP contribution in [0.5, 0.6) is 5.75 Å². The Balaban J connectivity index is 1.86. The molecule has 0 spiro atoms. The Labute approximate surface area is 207 Å². The van der Waals surface area contributed by atoms with Gasteiger partial charge >= 0.3 is 0 Å². The molecule has 3 aromatic rings.